The fourth-order valence-corrected chi connectivity index (χ4v) is 2.88. The maximum absolute atomic E-state index is 12.8. The molecule has 0 aromatic heterocycles. The summed E-state index contributed by atoms with van der Waals surface area (Å²) in [5.74, 6) is -0.0104. The fraction of sp³-hybridized carbons (Fsp3) is 0.250. The first kappa shape index (κ1) is 20.2. The first-order valence-corrected chi connectivity index (χ1v) is 8.34. The van der Waals surface area contributed by atoms with Crippen molar-refractivity contribution in [3.63, 3.8) is 0 Å². The Hall–Kier alpha value is -2.08. The van der Waals surface area contributed by atoms with Crippen LogP contribution in [0.4, 0.5) is 18.9 Å². The number of nitrogens with zero attached hydrogens (tertiary/aromatic N) is 1. The molecule has 26 heavy (non-hydrogen) atoms. The van der Waals surface area contributed by atoms with Crippen LogP contribution in [0.25, 0.3) is 0 Å². The van der Waals surface area contributed by atoms with Gasteiger partial charge in [-0.05, 0) is 59.3 Å². The van der Waals surface area contributed by atoms with E-state index in [2.05, 4.69) is 0 Å². The van der Waals surface area contributed by atoms with Gasteiger partial charge in [0.15, 0.2) is 11.5 Å². The van der Waals surface area contributed by atoms with E-state index >= 15 is 0 Å². The highest BCUT2D eigenvalue weighted by atomic mass is 127. The average Bonchev–Trinajstić information content (AvgIpc) is 2.56. The Morgan fingerprint density at radius 2 is 1.92 bits per heavy atom. The SMILES string of the molecule is CCOc1cc(CO)cc(I)c1Oc1ccc(C(F)(F)F)cc1[N+](=O)[O-]. The summed E-state index contributed by atoms with van der Waals surface area (Å²) in [6.07, 6.45) is -4.71. The number of benzene rings is 2. The predicted molar refractivity (Wildman–Crippen MR) is 94.4 cm³/mol. The van der Waals surface area contributed by atoms with Crippen molar-refractivity contribution < 1.29 is 32.7 Å². The van der Waals surface area contributed by atoms with E-state index in [1.54, 1.807) is 13.0 Å². The molecule has 0 saturated carbocycles. The van der Waals surface area contributed by atoms with E-state index in [9.17, 15) is 28.4 Å². The van der Waals surface area contributed by atoms with Gasteiger partial charge in [-0.2, -0.15) is 13.2 Å². The predicted octanol–water partition coefficient (Wildman–Crippen LogP) is 4.90. The van der Waals surface area contributed by atoms with Gasteiger partial charge in [0.2, 0.25) is 5.75 Å². The van der Waals surface area contributed by atoms with E-state index in [-0.39, 0.29) is 30.5 Å². The van der Waals surface area contributed by atoms with Crippen LogP contribution in [0.1, 0.15) is 18.1 Å². The molecule has 0 bridgehead atoms. The first-order chi connectivity index (χ1) is 12.2. The number of nitro groups is 1. The van der Waals surface area contributed by atoms with Gasteiger partial charge in [0.05, 0.1) is 27.3 Å². The highest BCUT2D eigenvalue weighted by Gasteiger charge is 2.33. The number of hydrogen-bond donors (Lipinski definition) is 1. The molecule has 0 aliphatic heterocycles. The van der Waals surface area contributed by atoms with Crippen molar-refractivity contribution >= 4 is 28.3 Å². The van der Waals surface area contributed by atoms with Crippen LogP contribution in [0.2, 0.25) is 0 Å². The molecule has 0 spiro atoms. The molecule has 0 amide bonds. The third-order valence-electron chi connectivity index (χ3n) is 3.25. The molecule has 0 aliphatic rings. The molecular weight excluding hydrogens is 470 g/mol. The molecule has 2 rings (SSSR count). The van der Waals surface area contributed by atoms with Crippen molar-refractivity contribution in [3.8, 4) is 17.2 Å². The Labute approximate surface area is 159 Å². The Morgan fingerprint density at radius 3 is 2.46 bits per heavy atom. The van der Waals surface area contributed by atoms with Crippen LogP contribution in [-0.4, -0.2) is 16.6 Å². The number of rotatable bonds is 6. The average molecular weight is 483 g/mol. The second-order valence-electron chi connectivity index (χ2n) is 5.04. The maximum atomic E-state index is 12.8. The van der Waals surface area contributed by atoms with Crippen molar-refractivity contribution in [2.24, 2.45) is 0 Å². The van der Waals surface area contributed by atoms with E-state index < -0.39 is 22.4 Å². The van der Waals surface area contributed by atoms with Crippen molar-refractivity contribution in [2.75, 3.05) is 6.61 Å². The van der Waals surface area contributed by atoms with Crippen LogP contribution >= 0.6 is 22.6 Å². The van der Waals surface area contributed by atoms with Crippen LogP contribution in [0.5, 0.6) is 17.2 Å². The number of nitro benzene ring substituents is 1. The zero-order valence-corrected chi connectivity index (χ0v) is 15.5. The highest BCUT2D eigenvalue weighted by Crippen LogP contribution is 2.42. The molecule has 140 valence electrons. The first-order valence-electron chi connectivity index (χ1n) is 7.27. The largest absolute Gasteiger partial charge is 0.490 e. The summed E-state index contributed by atoms with van der Waals surface area (Å²) in [7, 11) is 0. The summed E-state index contributed by atoms with van der Waals surface area (Å²) in [5.41, 5.74) is -1.43. The number of halogens is 4. The number of alkyl halides is 3. The lowest BCUT2D eigenvalue weighted by molar-refractivity contribution is -0.385. The van der Waals surface area contributed by atoms with Crippen LogP contribution in [0.15, 0.2) is 30.3 Å². The van der Waals surface area contributed by atoms with Gasteiger partial charge in [-0.15, -0.1) is 0 Å². The minimum Gasteiger partial charge on any atom is -0.490 e. The lowest BCUT2D eigenvalue weighted by Gasteiger charge is -2.15. The second-order valence-corrected chi connectivity index (χ2v) is 6.20. The van der Waals surface area contributed by atoms with E-state index in [1.807, 2.05) is 22.6 Å². The topological polar surface area (TPSA) is 81.8 Å². The Kier molecular flexibility index (Phi) is 6.29. The molecule has 0 atom stereocenters. The van der Waals surface area contributed by atoms with E-state index in [1.165, 1.54) is 6.07 Å². The molecule has 10 heteroatoms. The van der Waals surface area contributed by atoms with E-state index in [0.717, 1.165) is 6.07 Å². The summed E-state index contributed by atoms with van der Waals surface area (Å²) < 4.78 is 49.8. The smallest absolute Gasteiger partial charge is 0.416 e. The van der Waals surface area contributed by atoms with Gasteiger partial charge in [-0.25, -0.2) is 0 Å². The summed E-state index contributed by atoms with van der Waals surface area (Å²) >= 11 is 1.88. The monoisotopic (exact) mass is 483 g/mol. The number of aliphatic hydroxyl groups is 1. The second kappa shape index (κ2) is 8.08. The fourth-order valence-electron chi connectivity index (χ4n) is 2.11. The van der Waals surface area contributed by atoms with Crippen LogP contribution < -0.4 is 9.47 Å². The highest BCUT2D eigenvalue weighted by molar-refractivity contribution is 14.1. The van der Waals surface area contributed by atoms with Gasteiger partial charge < -0.3 is 14.6 Å². The maximum Gasteiger partial charge on any atom is 0.416 e. The molecule has 2 aromatic carbocycles. The quantitative estimate of drug-likeness (QED) is 0.359. The van der Waals surface area contributed by atoms with Gasteiger partial charge in [-0.3, -0.25) is 10.1 Å². The molecule has 6 nitrogen and oxygen atoms in total. The molecule has 1 N–H and O–H groups in total. The molecule has 0 fully saturated rings. The summed E-state index contributed by atoms with van der Waals surface area (Å²) in [6.45, 7) is 1.72. The van der Waals surface area contributed by atoms with Crippen LogP contribution in [0.3, 0.4) is 0 Å². The summed E-state index contributed by atoms with van der Waals surface area (Å²) in [6, 6.07) is 5.10. The van der Waals surface area contributed by atoms with Crippen molar-refractivity contribution in [1.29, 1.82) is 0 Å². The Balaban J connectivity index is 2.53. The minimum atomic E-state index is -4.71. The summed E-state index contributed by atoms with van der Waals surface area (Å²) in [4.78, 5) is 10.2. The molecule has 0 saturated heterocycles. The summed E-state index contributed by atoms with van der Waals surface area (Å²) in [5, 5.41) is 20.4. The van der Waals surface area contributed by atoms with Crippen molar-refractivity contribution in [2.45, 2.75) is 19.7 Å². The lowest BCUT2D eigenvalue weighted by Crippen LogP contribution is -2.06. The lowest BCUT2D eigenvalue weighted by atomic mass is 10.1. The van der Waals surface area contributed by atoms with Crippen molar-refractivity contribution in [1.82, 2.24) is 0 Å². The van der Waals surface area contributed by atoms with Gasteiger partial charge in [0.1, 0.15) is 0 Å². The van der Waals surface area contributed by atoms with Crippen molar-refractivity contribution in [3.05, 3.63) is 55.1 Å². The van der Waals surface area contributed by atoms with Gasteiger partial charge in [-0.1, -0.05) is 0 Å². The third kappa shape index (κ3) is 4.55. The molecular formula is C16H13F3INO5. The van der Waals surface area contributed by atoms with Crippen LogP contribution in [0, 0.1) is 13.7 Å². The zero-order chi connectivity index (χ0) is 19.5. The molecule has 0 unspecified atom stereocenters. The molecule has 0 radical (unpaired) electrons. The van der Waals surface area contributed by atoms with Gasteiger partial charge >= 0.3 is 11.9 Å². The standard InChI is InChI=1S/C16H13F3INO5/c1-2-25-14-6-9(8-22)5-11(20)15(14)26-13-4-3-10(16(17,18)19)7-12(13)21(23)24/h3-7,22H,2,8H2,1H3. The minimum absolute atomic E-state index is 0.118. The molecule has 0 aliphatic carbocycles. The van der Waals surface area contributed by atoms with Gasteiger partial charge in [0, 0.05) is 6.07 Å². The third-order valence-corrected chi connectivity index (χ3v) is 4.05. The zero-order valence-electron chi connectivity index (χ0n) is 13.3. The Morgan fingerprint density at radius 1 is 1.23 bits per heavy atom. The number of ether oxygens (including phenoxy) is 2. The molecule has 2 aromatic rings. The van der Waals surface area contributed by atoms with E-state index in [4.69, 9.17) is 9.47 Å². The number of aliphatic hydroxyl groups excluding tert-OH is 1. The van der Waals surface area contributed by atoms with E-state index in [0.29, 0.717) is 21.3 Å². The van der Waals surface area contributed by atoms with Crippen LogP contribution in [-0.2, 0) is 12.8 Å². The normalized spacial score (nSPS) is 11.3. The molecule has 0 heterocycles. The van der Waals surface area contributed by atoms with Gasteiger partial charge in [0.25, 0.3) is 0 Å². The Bertz CT molecular complexity index is 826. The number of hydrogen-bond acceptors (Lipinski definition) is 5.